The number of benzene rings is 1. The summed E-state index contributed by atoms with van der Waals surface area (Å²) in [5.41, 5.74) is 2.68. The predicted octanol–water partition coefficient (Wildman–Crippen LogP) is 2.60. The van der Waals surface area contributed by atoms with Gasteiger partial charge in [0, 0.05) is 12.4 Å². The average molecular weight is 243 g/mol. The molecule has 0 N–H and O–H groups in total. The zero-order valence-electron chi connectivity index (χ0n) is 11.1. The van der Waals surface area contributed by atoms with E-state index in [1.165, 1.54) is 61.8 Å². The topological polar surface area (TPSA) is 21.1 Å². The molecule has 0 atom stereocenters. The molecule has 18 heavy (non-hydrogen) atoms. The van der Waals surface area contributed by atoms with E-state index in [0.717, 1.165) is 0 Å². The molecule has 0 spiro atoms. The third-order valence-corrected chi connectivity index (χ3v) is 3.95. The second-order valence-corrected chi connectivity index (χ2v) is 5.31. The molecule has 3 rings (SSSR count). The highest BCUT2D eigenvalue weighted by Crippen LogP contribution is 2.16. The van der Waals surface area contributed by atoms with Gasteiger partial charge in [-0.15, -0.1) is 0 Å². The zero-order chi connectivity index (χ0) is 12.4. The van der Waals surface area contributed by atoms with Gasteiger partial charge in [0.1, 0.15) is 0 Å². The zero-order valence-corrected chi connectivity index (χ0v) is 11.1. The molecule has 1 saturated heterocycles. The summed E-state index contributed by atoms with van der Waals surface area (Å²) in [4.78, 5) is 2.59. The summed E-state index contributed by atoms with van der Waals surface area (Å²) < 4.78 is 1.96. The molecule has 1 aromatic carbocycles. The highest BCUT2D eigenvalue weighted by Gasteiger charge is 2.10. The molecule has 96 valence electrons. The first kappa shape index (κ1) is 11.7. The van der Waals surface area contributed by atoms with Crippen LogP contribution in [-0.2, 0) is 13.5 Å². The van der Waals surface area contributed by atoms with Crippen LogP contribution in [0.2, 0.25) is 0 Å². The van der Waals surface area contributed by atoms with E-state index in [9.17, 15) is 0 Å². The van der Waals surface area contributed by atoms with Crippen molar-refractivity contribution in [2.24, 2.45) is 7.05 Å². The fraction of sp³-hybridized carbons (Fsp3) is 0.533. The minimum atomic E-state index is 1.18. The number of fused-ring (bicyclic) bond motifs is 1. The molecular formula is C15H21N3. The monoisotopic (exact) mass is 243 g/mol. The second-order valence-electron chi connectivity index (χ2n) is 5.31. The van der Waals surface area contributed by atoms with Crippen molar-refractivity contribution < 1.29 is 0 Å². The summed E-state index contributed by atoms with van der Waals surface area (Å²) >= 11 is 0. The van der Waals surface area contributed by atoms with Crippen LogP contribution in [0.1, 0.15) is 24.8 Å². The maximum atomic E-state index is 4.29. The van der Waals surface area contributed by atoms with Crippen molar-refractivity contribution in [3.63, 3.8) is 0 Å². The first-order valence-corrected chi connectivity index (χ1v) is 6.96. The van der Waals surface area contributed by atoms with E-state index in [1.54, 1.807) is 0 Å². The smallest absolute Gasteiger partial charge is 0.0681 e. The minimum absolute atomic E-state index is 1.18. The van der Waals surface area contributed by atoms with E-state index in [1.807, 2.05) is 17.9 Å². The molecule has 0 aliphatic carbocycles. The lowest BCUT2D eigenvalue weighted by atomic mass is 10.1. The predicted molar refractivity (Wildman–Crippen MR) is 74.7 cm³/mol. The molecule has 0 saturated carbocycles. The Labute approximate surface area is 108 Å². The number of aromatic nitrogens is 2. The van der Waals surface area contributed by atoms with E-state index < -0.39 is 0 Å². The van der Waals surface area contributed by atoms with Crippen molar-refractivity contribution in [2.45, 2.75) is 25.7 Å². The Hall–Kier alpha value is -1.35. The van der Waals surface area contributed by atoms with Crippen LogP contribution in [0.4, 0.5) is 0 Å². The Morgan fingerprint density at radius 2 is 2.06 bits per heavy atom. The first-order valence-electron chi connectivity index (χ1n) is 6.96. The average Bonchev–Trinajstić information content (AvgIpc) is 3.01. The van der Waals surface area contributed by atoms with Gasteiger partial charge in [-0.3, -0.25) is 4.68 Å². The fourth-order valence-corrected chi connectivity index (χ4v) is 2.86. The van der Waals surface area contributed by atoms with Crippen LogP contribution < -0.4 is 0 Å². The Kier molecular flexibility index (Phi) is 3.33. The summed E-state index contributed by atoms with van der Waals surface area (Å²) in [6, 6.07) is 6.72. The Bertz CT molecular complexity index is 524. The van der Waals surface area contributed by atoms with Crippen molar-refractivity contribution in [1.82, 2.24) is 14.7 Å². The summed E-state index contributed by atoms with van der Waals surface area (Å²) in [7, 11) is 2.01. The third-order valence-electron chi connectivity index (χ3n) is 3.95. The van der Waals surface area contributed by atoms with Crippen molar-refractivity contribution in [1.29, 1.82) is 0 Å². The lowest BCUT2D eigenvalue weighted by Gasteiger charge is -2.13. The Balaban J connectivity index is 1.61. The highest BCUT2D eigenvalue weighted by atomic mass is 15.2. The molecular weight excluding hydrogens is 222 g/mol. The maximum absolute atomic E-state index is 4.29. The molecule has 3 heteroatoms. The molecule has 2 heterocycles. The van der Waals surface area contributed by atoms with Gasteiger partial charge in [-0.25, -0.2) is 0 Å². The Morgan fingerprint density at radius 1 is 1.22 bits per heavy atom. The lowest BCUT2D eigenvalue weighted by Crippen LogP contribution is -2.20. The van der Waals surface area contributed by atoms with Gasteiger partial charge in [0.2, 0.25) is 0 Å². The van der Waals surface area contributed by atoms with Gasteiger partial charge in [0.15, 0.2) is 0 Å². The normalized spacial score (nSPS) is 16.7. The number of hydrogen-bond acceptors (Lipinski definition) is 2. The molecule has 0 radical (unpaired) electrons. The molecule has 1 aliphatic heterocycles. The lowest BCUT2D eigenvalue weighted by molar-refractivity contribution is 0.334. The van der Waals surface area contributed by atoms with E-state index in [2.05, 4.69) is 28.2 Å². The SMILES string of the molecule is Cn1ncc2ccc(CCCN3CCCC3)cc21. The van der Waals surface area contributed by atoms with Gasteiger partial charge in [-0.1, -0.05) is 12.1 Å². The second kappa shape index (κ2) is 5.11. The highest BCUT2D eigenvalue weighted by molar-refractivity contribution is 5.79. The third kappa shape index (κ3) is 2.41. The van der Waals surface area contributed by atoms with E-state index >= 15 is 0 Å². The summed E-state index contributed by atoms with van der Waals surface area (Å²) in [5.74, 6) is 0. The number of rotatable bonds is 4. The van der Waals surface area contributed by atoms with E-state index in [4.69, 9.17) is 0 Å². The summed E-state index contributed by atoms with van der Waals surface area (Å²) in [6.45, 7) is 3.87. The van der Waals surface area contributed by atoms with Crippen LogP contribution in [0.15, 0.2) is 24.4 Å². The van der Waals surface area contributed by atoms with Crippen LogP contribution in [-0.4, -0.2) is 34.3 Å². The summed E-state index contributed by atoms with van der Waals surface area (Å²) in [6.07, 6.45) is 7.16. The van der Waals surface area contributed by atoms with Crippen LogP contribution in [0, 0.1) is 0 Å². The van der Waals surface area contributed by atoms with Crippen molar-refractivity contribution in [3.8, 4) is 0 Å². The Morgan fingerprint density at radius 3 is 2.89 bits per heavy atom. The van der Waals surface area contributed by atoms with E-state index in [0.29, 0.717) is 0 Å². The molecule has 0 amide bonds. The maximum Gasteiger partial charge on any atom is 0.0681 e. The largest absolute Gasteiger partial charge is 0.303 e. The molecule has 3 nitrogen and oxygen atoms in total. The van der Waals surface area contributed by atoms with Crippen LogP contribution in [0.25, 0.3) is 10.9 Å². The molecule has 0 bridgehead atoms. The van der Waals surface area contributed by atoms with Crippen LogP contribution in [0.3, 0.4) is 0 Å². The number of nitrogens with zero attached hydrogens (tertiary/aromatic N) is 3. The first-order chi connectivity index (χ1) is 8.83. The van der Waals surface area contributed by atoms with Crippen LogP contribution in [0.5, 0.6) is 0 Å². The quantitative estimate of drug-likeness (QED) is 0.823. The number of hydrogen-bond donors (Lipinski definition) is 0. The van der Waals surface area contributed by atoms with Crippen molar-refractivity contribution in [3.05, 3.63) is 30.0 Å². The molecule has 2 aromatic rings. The van der Waals surface area contributed by atoms with Gasteiger partial charge in [-0.2, -0.15) is 5.10 Å². The van der Waals surface area contributed by atoms with Gasteiger partial charge < -0.3 is 4.90 Å². The van der Waals surface area contributed by atoms with E-state index in [-0.39, 0.29) is 0 Å². The van der Waals surface area contributed by atoms with Gasteiger partial charge >= 0.3 is 0 Å². The number of aryl methyl sites for hydroxylation is 2. The standard InChI is InChI=1S/C15H21N3/c1-17-15-11-13(6-7-14(15)12-16-17)5-4-10-18-8-2-3-9-18/h6-7,11-12H,2-5,8-10H2,1H3. The van der Waals surface area contributed by atoms with Crippen molar-refractivity contribution >= 4 is 10.9 Å². The molecule has 1 aliphatic rings. The fourth-order valence-electron chi connectivity index (χ4n) is 2.86. The molecule has 1 aromatic heterocycles. The molecule has 1 fully saturated rings. The van der Waals surface area contributed by atoms with Gasteiger partial charge in [0.05, 0.1) is 11.7 Å². The minimum Gasteiger partial charge on any atom is -0.303 e. The molecule has 0 unspecified atom stereocenters. The van der Waals surface area contributed by atoms with Gasteiger partial charge in [-0.05, 0) is 56.9 Å². The van der Waals surface area contributed by atoms with Crippen LogP contribution >= 0.6 is 0 Å². The van der Waals surface area contributed by atoms with Gasteiger partial charge in [0.25, 0.3) is 0 Å². The van der Waals surface area contributed by atoms with Crippen molar-refractivity contribution in [2.75, 3.05) is 19.6 Å². The number of likely N-dealkylation sites (tertiary alicyclic amines) is 1. The summed E-state index contributed by atoms with van der Waals surface area (Å²) in [5, 5.41) is 5.53.